The van der Waals surface area contributed by atoms with E-state index in [1.54, 1.807) is 13.8 Å². The Morgan fingerprint density at radius 2 is 1.71 bits per heavy atom. The lowest BCUT2D eigenvalue weighted by Crippen LogP contribution is -2.27. The van der Waals surface area contributed by atoms with Crippen molar-refractivity contribution in [2.75, 3.05) is 13.2 Å². The van der Waals surface area contributed by atoms with Gasteiger partial charge in [-0.05, 0) is 38.5 Å². The molecule has 21 heavy (non-hydrogen) atoms. The number of carbonyl (C=O) groups excluding carboxylic acids is 2. The van der Waals surface area contributed by atoms with Crippen molar-refractivity contribution in [3.05, 3.63) is 23.8 Å². The van der Waals surface area contributed by atoms with Crippen LogP contribution in [0.2, 0.25) is 0 Å². The molecule has 0 aliphatic rings. The maximum atomic E-state index is 11.7. The first-order valence-corrected chi connectivity index (χ1v) is 6.64. The molecule has 6 heteroatoms. The molecule has 0 amide bonds. The van der Waals surface area contributed by atoms with E-state index in [0.29, 0.717) is 6.42 Å². The van der Waals surface area contributed by atoms with Crippen molar-refractivity contribution in [1.82, 2.24) is 0 Å². The summed E-state index contributed by atoms with van der Waals surface area (Å²) in [5, 5.41) is 18.4. The summed E-state index contributed by atoms with van der Waals surface area (Å²) in [6.07, 6.45) is 0.651. The van der Waals surface area contributed by atoms with Crippen LogP contribution in [-0.4, -0.2) is 35.4 Å². The normalized spacial score (nSPS) is 11.0. The van der Waals surface area contributed by atoms with Crippen LogP contribution in [-0.2, 0) is 14.3 Å². The fourth-order valence-electron chi connectivity index (χ4n) is 1.34. The molecule has 0 bridgehead atoms. The summed E-state index contributed by atoms with van der Waals surface area (Å²) in [6, 6.07) is 3.61. The third-order valence-electron chi connectivity index (χ3n) is 3.20. The van der Waals surface area contributed by atoms with Crippen LogP contribution in [0.1, 0.15) is 37.6 Å². The molecule has 0 fully saturated rings. The summed E-state index contributed by atoms with van der Waals surface area (Å²) in [5.74, 6) is -1.73. The molecule has 1 aromatic carbocycles. The van der Waals surface area contributed by atoms with Gasteiger partial charge < -0.3 is 19.7 Å². The van der Waals surface area contributed by atoms with E-state index in [1.807, 2.05) is 6.92 Å². The van der Waals surface area contributed by atoms with E-state index in [-0.39, 0.29) is 30.5 Å². The summed E-state index contributed by atoms with van der Waals surface area (Å²) >= 11 is 0. The topological polar surface area (TPSA) is 93.1 Å². The van der Waals surface area contributed by atoms with Gasteiger partial charge in [-0.3, -0.25) is 4.79 Å². The molecule has 0 unspecified atom stereocenters. The van der Waals surface area contributed by atoms with Crippen LogP contribution in [0.5, 0.6) is 11.5 Å². The van der Waals surface area contributed by atoms with Gasteiger partial charge in [0.05, 0.1) is 11.0 Å². The second-order valence-electron chi connectivity index (χ2n) is 5.21. The van der Waals surface area contributed by atoms with Crippen molar-refractivity contribution < 1.29 is 29.3 Å². The third kappa shape index (κ3) is 4.66. The van der Waals surface area contributed by atoms with Crippen molar-refractivity contribution in [3.8, 4) is 11.5 Å². The van der Waals surface area contributed by atoms with E-state index >= 15 is 0 Å². The average molecular weight is 296 g/mol. The Kier molecular flexibility index (Phi) is 5.58. The number of carbonyl (C=O) groups is 2. The molecule has 1 rings (SSSR count). The predicted molar refractivity (Wildman–Crippen MR) is 75.1 cm³/mol. The highest BCUT2D eigenvalue weighted by molar-refractivity contribution is 5.90. The number of phenolic OH excluding ortho intramolecular Hbond substituents is 2. The van der Waals surface area contributed by atoms with Gasteiger partial charge in [0.25, 0.3) is 0 Å². The number of hydrogen-bond donors (Lipinski definition) is 2. The molecule has 0 heterocycles. The van der Waals surface area contributed by atoms with E-state index in [1.165, 1.54) is 12.1 Å². The molecule has 6 nitrogen and oxygen atoms in total. The van der Waals surface area contributed by atoms with Crippen LogP contribution in [0.3, 0.4) is 0 Å². The Labute approximate surface area is 123 Å². The first-order valence-electron chi connectivity index (χ1n) is 6.64. The minimum Gasteiger partial charge on any atom is -0.504 e. The molecule has 116 valence electrons. The average Bonchev–Trinajstić information content (AvgIpc) is 2.45. The number of phenols is 2. The first kappa shape index (κ1) is 16.8. The van der Waals surface area contributed by atoms with Crippen LogP contribution in [0, 0.1) is 5.41 Å². The molecular formula is C15H20O6. The van der Waals surface area contributed by atoms with Crippen LogP contribution < -0.4 is 0 Å². The molecule has 0 saturated carbocycles. The van der Waals surface area contributed by atoms with Crippen molar-refractivity contribution in [3.63, 3.8) is 0 Å². The van der Waals surface area contributed by atoms with E-state index in [2.05, 4.69) is 0 Å². The molecular weight excluding hydrogens is 276 g/mol. The number of rotatable bonds is 6. The molecule has 0 atom stereocenters. The maximum Gasteiger partial charge on any atom is 0.338 e. The van der Waals surface area contributed by atoms with E-state index < -0.39 is 17.1 Å². The van der Waals surface area contributed by atoms with Crippen molar-refractivity contribution in [1.29, 1.82) is 0 Å². The van der Waals surface area contributed by atoms with Crippen LogP contribution >= 0.6 is 0 Å². The van der Waals surface area contributed by atoms with E-state index in [9.17, 15) is 14.7 Å². The second-order valence-corrected chi connectivity index (χ2v) is 5.21. The number of benzene rings is 1. The Hall–Kier alpha value is -2.24. The lowest BCUT2D eigenvalue weighted by molar-refractivity contribution is -0.155. The zero-order chi connectivity index (χ0) is 16.0. The molecule has 0 aromatic heterocycles. The van der Waals surface area contributed by atoms with Gasteiger partial charge in [0.1, 0.15) is 13.2 Å². The highest BCUT2D eigenvalue weighted by Crippen LogP contribution is 2.25. The van der Waals surface area contributed by atoms with Crippen molar-refractivity contribution in [2.45, 2.75) is 27.2 Å². The lowest BCUT2D eigenvalue weighted by atomic mass is 9.91. The number of hydrogen-bond acceptors (Lipinski definition) is 6. The third-order valence-corrected chi connectivity index (χ3v) is 3.20. The molecule has 2 N–H and O–H groups in total. The SMILES string of the molecule is CCC(C)(C)C(=O)OCCOC(=O)c1ccc(O)c(O)c1. The largest absolute Gasteiger partial charge is 0.504 e. The Morgan fingerprint density at radius 3 is 2.29 bits per heavy atom. The standard InChI is InChI=1S/C15H20O6/c1-4-15(2,3)14(19)21-8-7-20-13(18)10-5-6-11(16)12(17)9-10/h5-6,9,16-17H,4,7-8H2,1-3H3. The molecule has 1 aromatic rings. The molecule has 0 aliphatic carbocycles. The quantitative estimate of drug-likeness (QED) is 0.475. The predicted octanol–water partition coefficient (Wildman–Crippen LogP) is 2.23. The zero-order valence-electron chi connectivity index (χ0n) is 12.4. The lowest BCUT2D eigenvalue weighted by Gasteiger charge is -2.20. The van der Waals surface area contributed by atoms with Gasteiger partial charge in [0.15, 0.2) is 11.5 Å². The molecule has 0 aliphatic heterocycles. The Bertz CT molecular complexity index is 521. The van der Waals surface area contributed by atoms with Crippen LogP contribution in [0.4, 0.5) is 0 Å². The zero-order valence-corrected chi connectivity index (χ0v) is 12.4. The minimum absolute atomic E-state index is 0.0297. The summed E-state index contributed by atoms with van der Waals surface area (Å²) < 4.78 is 9.93. The van der Waals surface area contributed by atoms with Crippen LogP contribution in [0.25, 0.3) is 0 Å². The smallest absolute Gasteiger partial charge is 0.338 e. The van der Waals surface area contributed by atoms with Crippen molar-refractivity contribution >= 4 is 11.9 Å². The number of esters is 2. The maximum absolute atomic E-state index is 11.7. The fourth-order valence-corrected chi connectivity index (χ4v) is 1.34. The van der Waals surface area contributed by atoms with Crippen LogP contribution in [0.15, 0.2) is 18.2 Å². The van der Waals surface area contributed by atoms with Gasteiger partial charge in [-0.1, -0.05) is 6.92 Å². The number of ether oxygens (including phenoxy) is 2. The van der Waals surface area contributed by atoms with Gasteiger partial charge >= 0.3 is 11.9 Å². The first-order chi connectivity index (χ1) is 9.77. The summed E-state index contributed by atoms with van der Waals surface area (Å²) in [7, 11) is 0. The van der Waals surface area contributed by atoms with Gasteiger partial charge in [0, 0.05) is 0 Å². The van der Waals surface area contributed by atoms with E-state index in [4.69, 9.17) is 14.6 Å². The summed E-state index contributed by atoms with van der Waals surface area (Å²) in [5.41, 5.74) is -0.460. The van der Waals surface area contributed by atoms with Crippen molar-refractivity contribution in [2.24, 2.45) is 5.41 Å². The molecule has 0 spiro atoms. The molecule has 0 saturated heterocycles. The Balaban J connectivity index is 2.41. The fraction of sp³-hybridized carbons (Fsp3) is 0.467. The highest BCUT2D eigenvalue weighted by atomic mass is 16.6. The second kappa shape index (κ2) is 6.97. The molecule has 0 radical (unpaired) electrons. The van der Waals surface area contributed by atoms with Gasteiger partial charge in [0.2, 0.25) is 0 Å². The monoisotopic (exact) mass is 296 g/mol. The number of aromatic hydroxyl groups is 2. The Morgan fingerprint density at radius 1 is 1.10 bits per heavy atom. The van der Waals surface area contributed by atoms with Gasteiger partial charge in [-0.15, -0.1) is 0 Å². The highest BCUT2D eigenvalue weighted by Gasteiger charge is 2.26. The van der Waals surface area contributed by atoms with Gasteiger partial charge in [-0.2, -0.15) is 0 Å². The van der Waals surface area contributed by atoms with E-state index in [0.717, 1.165) is 6.07 Å². The summed E-state index contributed by atoms with van der Waals surface area (Å²) in [6.45, 7) is 5.34. The summed E-state index contributed by atoms with van der Waals surface area (Å²) in [4.78, 5) is 23.3. The van der Waals surface area contributed by atoms with Gasteiger partial charge in [-0.25, -0.2) is 4.79 Å². The minimum atomic E-state index is -0.670.